The Bertz CT molecular complexity index is 173. The highest BCUT2D eigenvalue weighted by Crippen LogP contribution is 2.48. The van der Waals surface area contributed by atoms with Crippen LogP contribution in [0.4, 0.5) is 0 Å². The monoisotopic (exact) mass is 183 g/mol. The first-order valence-corrected chi connectivity index (χ1v) is 5.51. The molecule has 0 spiro atoms. The van der Waals surface area contributed by atoms with E-state index in [4.69, 9.17) is 10.7 Å². The zero-order valence-electron chi connectivity index (χ0n) is 8.75. The number of hydrogen-bond acceptors (Lipinski definition) is 2. The van der Waals surface area contributed by atoms with E-state index >= 15 is 0 Å². The van der Waals surface area contributed by atoms with Gasteiger partial charge in [-0.3, -0.25) is 4.84 Å². The van der Waals surface area contributed by atoms with Crippen molar-refractivity contribution < 1.29 is 4.84 Å². The van der Waals surface area contributed by atoms with E-state index in [1.807, 2.05) is 0 Å². The van der Waals surface area contributed by atoms with Crippen LogP contribution in [-0.2, 0) is 4.84 Å². The first-order valence-electron chi connectivity index (χ1n) is 5.51. The molecule has 0 heterocycles. The average Bonchev–Trinajstić information content (AvgIpc) is 2.01. The van der Waals surface area contributed by atoms with Gasteiger partial charge in [-0.05, 0) is 49.9 Å². The van der Waals surface area contributed by atoms with E-state index in [-0.39, 0.29) is 5.60 Å². The second kappa shape index (κ2) is 3.25. The summed E-state index contributed by atoms with van der Waals surface area (Å²) in [7, 11) is 0. The summed E-state index contributed by atoms with van der Waals surface area (Å²) >= 11 is 0. The molecular formula is C11H21NO. The van der Waals surface area contributed by atoms with Gasteiger partial charge in [-0.1, -0.05) is 13.8 Å². The van der Waals surface area contributed by atoms with E-state index in [9.17, 15) is 0 Å². The molecule has 0 aliphatic heterocycles. The molecule has 2 nitrogen and oxygen atoms in total. The van der Waals surface area contributed by atoms with Crippen molar-refractivity contribution >= 4 is 0 Å². The van der Waals surface area contributed by atoms with Crippen LogP contribution in [0.3, 0.4) is 0 Å². The van der Waals surface area contributed by atoms with Crippen LogP contribution in [0.15, 0.2) is 0 Å². The Morgan fingerprint density at radius 3 is 2.08 bits per heavy atom. The van der Waals surface area contributed by atoms with Crippen molar-refractivity contribution in [1.29, 1.82) is 0 Å². The molecule has 76 valence electrons. The van der Waals surface area contributed by atoms with Crippen molar-refractivity contribution in [3.05, 3.63) is 0 Å². The molecule has 2 aliphatic carbocycles. The molecule has 0 amide bonds. The maximum atomic E-state index is 5.47. The number of rotatable bonds is 1. The molecule has 2 bridgehead atoms. The third kappa shape index (κ3) is 1.75. The normalized spacial score (nSPS) is 50.5. The van der Waals surface area contributed by atoms with Crippen molar-refractivity contribution in [2.24, 2.45) is 23.7 Å². The van der Waals surface area contributed by atoms with Gasteiger partial charge in [-0.2, -0.15) is 0 Å². The molecule has 0 aromatic rings. The molecule has 0 saturated heterocycles. The van der Waals surface area contributed by atoms with E-state index in [1.165, 1.54) is 32.1 Å². The zero-order valence-corrected chi connectivity index (χ0v) is 8.75. The van der Waals surface area contributed by atoms with Crippen LogP contribution >= 0.6 is 0 Å². The predicted molar refractivity (Wildman–Crippen MR) is 52.9 cm³/mol. The summed E-state index contributed by atoms with van der Waals surface area (Å²) in [6.45, 7) is 4.66. The third-order valence-electron chi connectivity index (χ3n) is 3.82. The first kappa shape index (κ1) is 9.47. The van der Waals surface area contributed by atoms with Gasteiger partial charge in [0.05, 0.1) is 5.60 Å². The Labute approximate surface area is 80.8 Å². The van der Waals surface area contributed by atoms with Gasteiger partial charge < -0.3 is 0 Å². The van der Waals surface area contributed by atoms with Crippen LogP contribution in [0.1, 0.15) is 46.0 Å². The maximum Gasteiger partial charge on any atom is 0.0901 e. The van der Waals surface area contributed by atoms with Gasteiger partial charge in [0.1, 0.15) is 0 Å². The van der Waals surface area contributed by atoms with Gasteiger partial charge in [-0.25, -0.2) is 5.90 Å². The molecular weight excluding hydrogens is 162 g/mol. The minimum atomic E-state index is 0.0417. The van der Waals surface area contributed by atoms with Crippen molar-refractivity contribution in [2.45, 2.75) is 51.6 Å². The van der Waals surface area contributed by atoms with E-state index in [0.29, 0.717) is 0 Å². The van der Waals surface area contributed by atoms with Crippen LogP contribution in [0.5, 0.6) is 0 Å². The standard InChI is InChI=1S/C11H21NO/c1-8-3-10-4-9(2)6-11(5-8,7-10)13-12/h8-10H,3-7,12H2,1-2H3. The molecule has 2 unspecified atom stereocenters. The molecule has 2 aliphatic rings. The van der Waals surface area contributed by atoms with Gasteiger partial charge in [-0.15, -0.1) is 0 Å². The molecule has 2 heteroatoms. The molecule has 0 aromatic carbocycles. The van der Waals surface area contributed by atoms with Gasteiger partial charge in [0.2, 0.25) is 0 Å². The fraction of sp³-hybridized carbons (Fsp3) is 1.00. The molecule has 2 fully saturated rings. The summed E-state index contributed by atoms with van der Waals surface area (Å²) in [5.74, 6) is 7.94. The topological polar surface area (TPSA) is 35.2 Å². The summed E-state index contributed by atoms with van der Waals surface area (Å²) in [4.78, 5) is 5.29. The number of fused-ring (bicyclic) bond motifs is 2. The lowest BCUT2D eigenvalue weighted by molar-refractivity contribution is -0.132. The van der Waals surface area contributed by atoms with Gasteiger partial charge >= 0.3 is 0 Å². The summed E-state index contributed by atoms with van der Waals surface area (Å²) in [6, 6.07) is 0. The maximum absolute atomic E-state index is 5.47. The highest BCUT2D eigenvalue weighted by atomic mass is 16.6. The number of hydrogen-bond donors (Lipinski definition) is 1. The van der Waals surface area contributed by atoms with Crippen LogP contribution in [0.25, 0.3) is 0 Å². The summed E-state index contributed by atoms with van der Waals surface area (Å²) in [5, 5.41) is 0. The van der Waals surface area contributed by atoms with Gasteiger partial charge in [0, 0.05) is 0 Å². The minimum Gasteiger partial charge on any atom is -0.298 e. The molecule has 2 saturated carbocycles. The molecule has 2 rings (SSSR count). The summed E-state index contributed by atoms with van der Waals surface area (Å²) < 4.78 is 0. The fourth-order valence-corrected chi connectivity index (χ4v) is 3.76. The molecule has 2 atom stereocenters. The van der Waals surface area contributed by atoms with Crippen LogP contribution < -0.4 is 5.90 Å². The molecule has 0 radical (unpaired) electrons. The largest absolute Gasteiger partial charge is 0.298 e. The summed E-state index contributed by atoms with van der Waals surface area (Å²) in [6.07, 6.45) is 6.32. The quantitative estimate of drug-likeness (QED) is 0.634. The Kier molecular flexibility index (Phi) is 2.37. The molecule has 2 N–H and O–H groups in total. The Balaban J connectivity index is 2.13. The number of nitrogens with two attached hydrogens (primary N) is 1. The average molecular weight is 183 g/mol. The van der Waals surface area contributed by atoms with E-state index in [2.05, 4.69) is 13.8 Å². The minimum absolute atomic E-state index is 0.0417. The van der Waals surface area contributed by atoms with Crippen LogP contribution in [0.2, 0.25) is 0 Å². The SMILES string of the molecule is CC1CC2CC(C)CC(ON)(C1)C2. The Morgan fingerprint density at radius 1 is 1.08 bits per heavy atom. The highest BCUT2D eigenvalue weighted by Gasteiger charge is 2.44. The zero-order chi connectivity index (χ0) is 9.47. The van der Waals surface area contributed by atoms with E-state index < -0.39 is 0 Å². The lowest BCUT2D eigenvalue weighted by Gasteiger charge is -2.48. The van der Waals surface area contributed by atoms with Crippen molar-refractivity contribution in [1.82, 2.24) is 0 Å². The molecule has 13 heavy (non-hydrogen) atoms. The smallest absolute Gasteiger partial charge is 0.0901 e. The van der Waals surface area contributed by atoms with Gasteiger partial charge in [0.25, 0.3) is 0 Å². The third-order valence-corrected chi connectivity index (χ3v) is 3.82. The first-order chi connectivity index (χ1) is 6.13. The van der Waals surface area contributed by atoms with Crippen molar-refractivity contribution in [2.75, 3.05) is 0 Å². The Morgan fingerprint density at radius 2 is 1.62 bits per heavy atom. The van der Waals surface area contributed by atoms with Crippen molar-refractivity contribution in [3.8, 4) is 0 Å². The predicted octanol–water partition coefficient (Wildman–Crippen LogP) is 2.48. The van der Waals surface area contributed by atoms with Crippen molar-refractivity contribution in [3.63, 3.8) is 0 Å². The van der Waals surface area contributed by atoms with E-state index in [1.54, 1.807) is 0 Å². The second-order valence-corrected chi connectivity index (χ2v) is 5.46. The lowest BCUT2D eigenvalue weighted by Crippen LogP contribution is -2.47. The highest BCUT2D eigenvalue weighted by molar-refractivity contribution is 4.95. The van der Waals surface area contributed by atoms with Crippen LogP contribution in [-0.4, -0.2) is 5.60 Å². The fourth-order valence-electron chi connectivity index (χ4n) is 3.76. The van der Waals surface area contributed by atoms with E-state index in [0.717, 1.165) is 17.8 Å². The van der Waals surface area contributed by atoms with Gasteiger partial charge in [0.15, 0.2) is 0 Å². The second-order valence-electron chi connectivity index (χ2n) is 5.46. The lowest BCUT2D eigenvalue weighted by atomic mass is 9.63. The van der Waals surface area contributed by atoms with Crippen LogP contribution in [0, 0.1) is 17.8 Å². The Hall–Kier alpha value is -0.0800. The molecule has 0 aromatic heterocycles. The summed E-state index contributed by atoms with van der Waals surface area (Å²) in [5.41, 5.74) is 0.0417.